The van der Waals surface area contributed by atoms with Gasteiger partial charge in [0.25, 0.3) is 0 Å². The quantitative estimate of drug-likeness (QED) is 0.530. The highest BCUT2D eigenvalue weighted by Gasteiger charge is 2.26. The number of ether oxygens (including phenoxy) is 2. The first-order chi connectivity index (χ1) is 15.1. The lowest BCUT2D eigenvalue weighted by Crippen LogP contribution is -2.38. The maximum atomic E-state index is 10.5. The van der Waals surface area contributed by atoms with Crippen LogP contribution in [0, 0.1) is 0 Å². The summed E-state index contributed by atoms with van der Waals surface area (Å²) in [5.74, 6) is 3.01. The number of nitrogens with zero attached hydrogens (tertiary/aromatic N) is 3. The Labute approximate surface area is 189 Å². The molecule has 0 aliphatic carbocycles. The fourth-order valence-electron chi connectivity index (χ4n) is 3.61. The number of hydrogen-bond donors (Lipinski definition) is 1. The minimum Gasteiger partial charge on any atom is -0.389 e. The number of rotatable bonds is 12. The fourth-order valence-corrected chi connectivity index (χ4v) is 4.52. The number of aliphatic hydroxyl groups is 1. The summed E-state index contributed by atoms with van der Waals surface area (Å²) in [6.45, 7) is 8.55. The average Bonchev–Trinajstić information content (AvgIpc) is 3.20. The van der Waals surface area contributed by atoms with Crippen LogP contribution >= 0.6 is 11.8 Å². The molecule has 172 valence electrons. The highest BCUT2D eigenvalue weighted by atomic mass is 32.2. The highest BCUT2D eigenvalue weighted by Crippen LogP contribution is 2.33. The molecule has 0 saturated carbocycles. The molecule has 1 saturated heterocycles. The number of anilines is 1. The molecule has 1 fully saturated rings. The normalized spacial score (nSPS) is 15.7. The monoisotopic (exact) mass is 449 g/mol. The van der Waals surface area contributed by atoms with Crippen molar-refractivity contribution in [1.29, 1.82) is 0 Å². The van der Waals surface area contributed by atoms with Gasteiger partial charge in [-0.1, -0.05) is 35.5 Å². The molecule has 0 spiro atoms. The molecule has 1 aliphatic heterocycles. The molecule has 3 rings (SSSR count). The van der Waals surface area contributed by atoms with Gasteiger partial charge in [-0.05, 0) is 13.8 Å². The van der Waals surface area contributed by atoms with E-state index in [1.54, 1.807) is 7.11 Å². The van der Waals surface area contributed by atoms with Crippen LogP contribution in [0.15, 0.2) is 34.9 Å². The molecule has 1 aromatic carbocycles. The minimum atomic E-state index is -0.575. The van der Waals surface area contributed by atoms with E-state index in [9.17, 15) is 5.11 Å². The second kappa shape index (κ2) is 12.5. The van der Waals surface area contributed by atoms with Crippen LogP contribution in [0.4, 0.5) is 5.88 Å². The predicted molar refractivity (Wildman–Crippen MR) is 126 cm³/mol. The van der Waals surface area contributed by atoms with Gasteiger partial charge in [0.1, 0.15) is 5.69 Å². The number of thioether (sulfide) groups is 1. The Morgan fingerprint density at radius 2 is 1.97 bits per heavy atom. The highest BCUT2D eigenvalue weighted by molar-refractivity contribution is 7.99. The maximum Gasteiger partial charge on any atom is 0.232 e. The van der Waals surface area contributed by atoms with Crippen LogP contribution in [0.3, 0.4) is 0 Å². The van der Waals surface area contributed by atoms with Crippen LogP contribution in [0.1, 0.15) is 19.4 Å². The molecule has 1 atom stereocenters. The molecule has 0 bridgehead atoms. The van der Waals surface area contributed by atoms with Crippen LogP contribution in [-0.4, -0.2) is 85.4 Å². The summed E-state index contributed by atoms with van der Waals surface area (Å²) in [7, 11) is 1.70. The standard InChI is InChI=1S/C23H35N3O4S/c1-18(2)29-17-20(27)15-25(9-12-28-3)16-21-22(19-7-5-4-6-8-19)24-30-23(21)26-10-13-31-14-11-26/h4-8,18,20,27H,9-17H2,1-3H3. The van der Waals surface area contributed by atoms with E-state index in [0.29, 0.717) is 32.8 Å². The van der Waals surface area contributed by atoms with Crippen molar-refractivity contribution in [2.24, 2.45) is 0 Å². The summed E-state index contributed by atoms with van der Waals surface area (Å²) in [6.07, 6.45) is -0.484. The molecule has 1 unspecified atom stereocenters. The lowest BCUT2D eigenvalue weighted by molar-refractivity contribution is -0.0121. The van der Waals surface area contributed by atoms with Gasteiger partial charge in [-0.15, -0.1) is 0 Å². The van der Waals surface area contributed by atoms with Crippen LogP contribution in [0.25, 0.3) is 11.3 Å². The van der Waals surface area contributed by atoms with E-state index in [4.69, 9.17) is 14.0 Å². The van der Waals surface area contributed by atoms with Crippen LogP contribution < -0.4 is 4.90 Å². The predicted octanol–water partition coefficient (Wildman–Crippen LogP) is 3.13. The van der Waals surface area contributed by atoms with E-state index >= 15 is 0 Å². The van der Waals surface area contributed by atoms with Crippen molar-refractivity contribution in [3.63, 3.8) is 0 Å². The summed E-state index contributed by atoms with van der Waals surface area (Å²) < 4.78 is 16.8. The molecule has 2 aromatic rings. The van der Waals surface area contributed by atoms with Crippen molar-refractivity contribution in [2.75, 3.05) is 62.9 Å². The molecule has 7 nitrogen and oxygen atoms in total. The summed E-state index contributed by atoms with van der Waals surface area (Å²) in [5, 5.41) is 15.0. The maximum absolute atomic E-state index is 10.5. The number of aliphatic hydroxyl groups excluding tert-OH is 1. The molecule has 31 heavy (non-hydrogen) atoms. The second-order valence-electron chi connectivity index (χ2n) is 8.04. The second-order valence-corrected chi connectivity index (χ2v) is 9.27. The number of aromatic nitrogens is 1. The smallest absolute Gasteiger partial charge is 0.232 e. The number of benzene rings is 1. The Balaban J connectivity index is 1.84. The minimum absolute atomic E-state index is 0.0911. The van der Waals surface area contributed by atoms with E-state index in [1.807, 2.05) is 43.8 Å². The molecular weight excluding hydrogens is 414 g/mol. The van der Waals surface area contributed by atoms with E-state index in [-0.39, 0.29) is 6.10 Å². The van der Waals surface area contributed by atoms with Gasteiger partial charge >= 0.3 is 0 Å². The van der Waals surface area contributed by atoms with E-state index in [1.165, 1.54) is 0 Å². The zero-order valence-electron chi connectivity index (χ0n) is 18.8. The van der Waals surface area contributed by atoms with Gasteiger partial charge < -0.3 is 24.0 Å². The van der Waals surface area contributed by atoms with E-state index in [2.05, 4.69) is 27.1 Å². The van der Waals surface area contributed by atoms with Gasteiger partial charge in [-0.25, -0.2) is 0 Å². The average molecular weight is 450 g/mol. The number of methoxy groups -OCH3 is 1. The van der Waals surface area contributed by atoms with Gasteiger partial charge in [0, 0.05) is 56.9 Å². The largest absolute Gasteiger partial charge is 0.389 e. The van der Waals surface area contributed by atoms with Gasteiger partial charge in [-0.3, -0.25) is 4.90 Å². The van der Waals surface area contributed by atoms with Crippen LogP contribution in [0.2, 0.25) is 0 Å². The van der Waals surface area contributed by atoms with Gasteiger partial charge in [-0.2, -0.15) is 11.8 Å². The molecule has 0 amide bonds. The van der Waals surface area contributed by atoms with E-state index < -0.39 is 6.10 Å². The first kappa shape index (κ1) is 24.1. The molecular formula is C23H35N3O4S. The summed E-state index contributed by atoms with van der Waals surface area (Å²) in [5.41, 5.74) is 2.96. The Kier molecular flexibility index (Phi) is 9.67. The lowest BCUT2D eigenvalue weighted by atomic mass is 10.1. The van der Waals surface area contributed by atoms with Crippen LogP contribution in [0.5, 0.6) is 0 Å². The third-order valence-corrected chi connectivity index (χ3v) is 6.14. The van der Waals surface area contributed by atoms with Crippen molar-refractivity contribution in [2.45, 2.75) is 32.6 Å². The van der Waals surface area contributed by atoms with Crippen molar-refractivity contribution < 1.29 is 19.1 Å². The fraction of sp³-hybridized carbons (Fsp3) is 0.609. The topological polar surface area (TPSA) is 71.2 Å². The summed E-state index contributed by atoms with van der Waals surface area (Å²) >= 11 is 1.97. The van der Waals surface area contributed by atoms with Crippen molar-refractivity contribution in [1.82, 2.24) is 10.1 Å². The molecule has 1 N–H and O–H groups in total. The van der Waals surface area contributed by atoms with Crippen molar-refractivity contribution >= 4 is 17.6 Å². The SMILES string of the molecule is COCCN(Cc1c(-c2ccccc2)noc1N1CCSCC1)CC(O)COC(C)C. The van der Waals surface area contributed by atoms with Crippen LogP contribution in [-0.2, 0) is 16.0 Å². The lowest BCUT2D eigenvalue weighted by Gasteiger charge is -2.29. The third-order valence-electron chi connectivity index (χ3n) is 5.20. The Morgan fingerprint density at radius 1 is 1.23 bits per heavy atom. The van der Waals surface area contributed by atoms with Gasteiger partial charge in [0.05, 0.1) is 31.0 Å². The zero-order chi connectivity index (χ0) is 22.1. The van der Waals surface area contributed by atoms with Gasteiger partial charge in [0.15, 0.2) is 0 Å². The number of hydrogen-bond acceptors (Lipinski definition) is 8. The Bertz CT molecular complexity index is 765. The first-order valence-electron chi connectivity index (χ1n) is 11.0. The molecule has 1 aliphatic rings. The van der Waals surface area contributed by atoms with Crippen molar-refractivity contribution in [3.8, 4) is 11.3 Å². The zero-order valence-corrected chi connectivity index (χ0v) is 19.6. The van der Waals surface area contributed by atoms with E-state index in [0.717, 1.165) is 47.3 Å². The molecule has 8 heteroatoms. The first-order valence-corrected chi connectivity index (χ1v) is 12.1. The molecule has 2 heterocycles. The molecule has 1 aromatic heterocycles. The summed E-state index contributed by atoms with van der Waals surface area (Å²) in [4.78, 5) is 4.48. The summed E-state index contributed by atoms with van der Waals surface area (Å²) in [6, 6.07) is 10.1. The Morgan fingerprint density at radius 3 is 2.65 bits per heavy atom. The van der Waals surface area contributed by atoms with Crippen molar-refractivity contribution in [3.05, 3.63) is 35.9 Å². The molecule has 0 radical (unpaired) electrons. The van der Waals surface area contributed by atoms with Gasteiger partial charge in [0.2, 0.25) is 5.88 Å². The third kappa shape index (κ3) is 7.22. The Hall–Kier alpha value is -1.58.